The fraction of sp³-hybridized carbons (Fsp3) is 0.0714. The summed E-state index contributed by atoms with van der Waals surface area (Å²) in [6.07, 6.45) is 3.85. The van der Waals surface area contributed by atoms with Crippen LogP contribution < -0.4 is 5.73 Å². The quantitative estimate of drug-likeness (QED) is 0.749. The summed E-state index contributed by atoms with van der Waals surface area (Å²) in [5.41, 5.74) is 9.20. The molecule has 2 aromatic heterocycles. The van der Waals surface area contributed by atoms with Crippen LogP contribution in [0.3, 0.4) is 0 Å². The predicted octanol–water partition coefficient (Wildman–Crippen LogP) is 2.60. The Morgan fingerprint density at radius 3 is 2.67 bits per heavy atom. The molecule has 0 radical (unpaired) electrons. The van der Waals surface area contributed by atoms with Crippen molar-refractivity contribution in [2.75, 3.05) is 0 Å². The minimum atomic E-state index is -0.243. The summed E-state index contributed by atoms with van der Waals surface area (Å²) in [4.78, 5) is 4.51. The highest BCUT2D eigenvalue weighted by Gasteiger charge is 2.04. The van der Waals surface area contributed by atoms with Gasteiger partial charge < -0.3 is 10.1 Å². The van der Waals surface area contributed by atoms with Crippen molar-refractivity contribution in [1.29, 1.82) is 0 Å². The molecule has 0 saturated carbocycles. The monoisotopic (exact) mass is 241 g/mol. The highest BCUT2D eigenvalue weighted by molar-refractivity contribution is 5.62. The molecule has 2 heterocycles. The molecule has 3 rings (SSSR count). The first kappa shape index (κ1) is 10.9. The van der Waals surface area contributed by atoms with Crippen LogP contribution >= 0.6 is 0 Å². The fourth-order valence-electron chi connectivity index (χ4n) is 1.91. The van der Waals surface area contributed by atoms with Crippen molar-refractivity contribution in [1.82, 2.24) is 9.38 Å². The molecule has 0 saturated heterocycles. The summed E-state index contributed by atoms with van der Waals surface area (Å²) in [6.45, 7) is 0.495. The molecule has 0 bridgehead atoms. The van der Waals surface area contributed by atoms with Crippen molar-refractivity contribution in [3.63, 3.8) is 0 Å². The minimum absolute atomic E-state index is 0.243. The molecule has 0 aliphatic rings. The molecule has 0 atom stereocenters. The second kappa shape index (κ2) is 4.23. The number of nitrogens with two attached hydrogens (primary N) is 1. The van der Waals surface area contributed by atoms with Crippen molar-refractivity contribution in [2.45, 2.75) is 6.54 Å². The standard InChI is InChI=1S/C14H12FN3/c15-12-3-1-11(2-4-12)13-9-18-6-5-10(8-16)7-14(18)17-13/h1-7,9H,8,16H2. The average Bonchev–Trinajstić information content (AvgIpc) is 2.82. The van der Waals surface area contributed by atoms with Gasteiger partial charge in [0.1, 0.15) is 11.5 Å². The third-order valence-electron chi connectivity index (χ3n) is 2.90. The number of hydrogen-bond donors (Lipinski definition) is 1. The van der Waals surface area contributed by atoms with Gasteiger partial charge in [0.25, 0.3) is 0 Å². The maximum absolute atomic E-state index is 12.9. The molecular formula is C14H12FN3. The fourth-order valence-corrected chi connectivity index (χ4v) is 1.91. The summed E-state index contributed by atoms with van der Waals surface area (Å²) >= 11 is 0. The summed E-state index contributed by atoms with van der Waals surface area (Å²) in [6, 6.07) is 10.2. The maximum Gasteiger partial charge on any atom is 0.137 e. The molecule has 0 amide bonds. The molecule has 0 fully saturated rings. The number of rotatable bonds is 2. The number of hydrogen-bond acceptors (Lipinski definition) is 2. The summed E-state index contributed by atoms with van der Waals surface area (Å²) in [5.74, 6) is -0.243. The van der Waals surface area contributed by atoms with Gasteiger partial charge in [-0.1, -0.05) is 0 Å². The van der Waals surface area contributed by atoms with E-state index in [1.807, 2.05) is 28.9 Å². The first-order valence-corrected chi connectivity index (χ1v) is 5.70. The molecule has 2 N–H and O–H groups in total. The Kier molecular flexibility index (Phi) is 2.57. The maximum atomic E-state index is 12.9. The Morgan fingerprint density at radius 2 is 1.94 bits per heavy atom. The van der Waals surface area contributed by atoms with Crippen molar-refractivity contribution in [3.8, 4) is 11.3 Å². The Morgan fingerprint density at radius 1 is 1.17 bits per heavy atom. The van der Waals surface area contributed by atoms with Gasteiger partial charge in [0.05, 0.1) is 5.69 Å². The largest absolute Gasteiger partial charge is 0.326 e. The van der Waals surface area contributed by atoms with Gasteiger partial charge >= 0.3 is 0 Å². The molecule has 90 valence electrons. The lowest BCUT2D eigenvalue weighted by molar-refractivity contribution is 0.628. The molecule has 1 aromatic carbocycles. The van der Waals surface area contributed by atoms with E-state index in [1.165, 1.54) is 12.1 Å². The van der Waals surface area contributed by atoms with Crippen LogP contribution in [-0.4, -0.2) is 9.38 Å². The number of benzene rings is 1. The molecule has 18 heavy (non-hydrogen) atoms. The van der Waals surface area contributed by atoms with Gasteiger partial charge in [-0.25, -0.2) is 9.37 Å². The van der Waals surface area contributed by atoms with Crippen LogP contribution in [0.4, 0.5) is 4.39 Å². The van der Waals surface area contributed by atoms with Crippen LogP contribution in [0, 0.1) is 5.82 Å². The summed E-state index contributed by atoms with van der Waals surface area (Å²) < 4.78 is 14.8. The number of pyridine rings is 1. The first-order valence-electron chi connectivity index (χ1n) is 5.70. The lowest BCUT2D eigenvalue weighted by Crippen LogP contribution is -1.96. The van der Waals surface area contributed by atoms with E-state index >= 15 is 0 Å². The highest BCUT2D eigenvalue weighted by Crippen LogP contribution is 2.19. The van der Waals surface area contributed by atoms with Crippen molar-refractivity contribution in [3.05, 3.63) is 60.2 Å². The topological polar surface area (TPSA) is 43.3 Å². The Bertz CT molecular complexity index is 686. The van der Waals surface area contributed by atoms with Crippen LogP contribution in [-0.2, 0) is 6.54 Å². The first-order chi connectivity index (χ1) is 8.76. The average molecular weight is 241 g/mol. The lowest BCUT2D eigenvalue weighted by atomic mass is 10.2. The zero-order valence-corrected chi connectivity index (χ0v) is 9.68. The van der Waals surface area contributed by atoms with Crippen molar-refractivity contribution < 1.29 is 4.39 Å². The zero-order valence-electron chi connectivity index (χ0n) is 9.68. The van der Waals surface area contributed by atoms with Gasteiger partial charge in [0.15, 0.2) is 0 Å². The van der Waals surface area contributed by atoms with Crippen molar-refractivity contribution >= 4 is 5.65 Å². The van der Waals surface area contributed by atoms with Gasteiger partial charge in [-0.15, -0.1) is 0 Å². The molecule has 3 aromatic rings. The highest BCUT2D eigenvalue weighted by atomic mass is 19.1. The third-order valence-corrected chi connectivity index (χ3v) is 2.90. The smallest absolute Gasteiger partial charge is 0.137 e. The number of imidazole rings is 1. The number of fused-ring (bicyclic) bond motifs is 1. The molecule has 0 aliphatic carbocycles. The van der Waals surface area contributed by atoms with Crippen LogP contribution in [0.15, 0.2) is 48.8 Å². The number of nitrogens with zero attached hydrogens (tertiary/aromatic N) is 2. The molecule has 3 nitrogen and oxygen atoms in total. The SMILES string of the molecule is NCc1ccn2cc(-c3ccc(F)cc3)nc2c1. The van der Waals surface area contributed by atoms with E-state index in [9.17, 15) is 4.39 Å². The third kappa shape index (κ3) is 1.87. The van der Waals surface area contributed by atoms with E-state index in [2.05, 4.69) is 4.98 Å². The minimum Gasteiger partial charge on any atom is -0.326 e. The van der Waals surface area contributed by atoms with Crippen LogP contribution in [0.2, 0.25) is 0 Å². The summed E-state index contributed by atoms with van der Waals surface area (Å²) in [7, 11) is 0. The zero-order chi connectivity index (χ0) is 12.5. The van der Waals surface area contributed by atoms with Gasteiger partial charge in [-0.05, 0) is 42.0 Å². The number of aromatic nitrogens is 2. The van der Waals surface area contributed by atoms with E-state index in [-0.39, 0.29) is 5.82 Å². The Balaban J connectivity index is 2.10. The van der Waals surface area contributed by atoms with Crippen LogP contribution in [0.5, 0.6) is 0 Å². The normalized spacial score (nSPS) is 11.0. The Labute approximate surface area is 104 Å². The second-order valence-electron chi connectivity index (χ2n) is 4.14. The molecule has 4 heteroatoms. The van der Waals surface area contributed by atoms with Gasteiger partial charge in [-0.3, -0.25) is 0 Å². The van der Waals surface area contributed by atoms with E-state index in [0.29, 0.717) is 6.54 Å². The molecule has 0 spiro atoms. The van der Waals surface area contributed by atoms with Crippen molar-refractivity contribution in [2.24, 2.45) is 5.73 Å². The Hall–Kier alpha value is -2.20. The van der Waals surface area contributed by atoms with E-state index < -0.39 is 0 Å². The van der Waals surface area contributed by atoms with Crippen LogP contribution in [0.1, 0.15) is 5.56 Å². The van der Waals surface area contributed by atoms with Crippen LogP contribution in [0.25, 0.3) is 16.9 Å². The van der Waals surface area contributed by atoms with Gasteiger partial charge in [0, 0.05) is 24.5 Å². The van der Waals surface area contributed by atoms with E-state index in [1.54, 1.807) is 12.1 Å². The predicted molar refractivity (Wildman–Crippen MR) is 68.5 cm³/mol. The molecular weight excluding hydrogens is 229 g/mol. The lowest BCUT2D eigenvalue weighted by Gasteiger charge is -1.96. The summed E-state index contributed by atoms with van der Waals surface area (Å²) in [5, 5.41) is 0. The van der Waals surface area contributed by atoms with E-state index in [0.717, 1.165) is 22.5 Å². The van der Waals surface area contributed by atoms with Gasteiger partial charge in [-0.2, -0.15) is 0 Å². The van der Waals surface area contributed by atoms with E-state index in [4.69, 9.17) is 5.73 Å². The van der Waals surface area contributed by atoms with Gasteiger partial charge in [0.2, 0.25) is 0 Å². The molecule has 0 aliphatic heterocycles. The number of halogens is 1. The second-order valence-corrected chi connectivity index (χ2v) is 4.14. The molecule has 0 unspecified atom stereocenters.